The van der Waals surface area contributed by atoms with Crippen molar-refractivity contribution in [1.82, 2.24) is 0 Å². The summed E-state index contributed by atoms with van der Waals surface area (Å²) in [5.74, 6) is 1.83. The van der Waals surface area contributed by atoms with Crippen LogP contribution in [0, 0.1) is 5.92 Å². The summed E-state index contributed by atoms with van der Waals surface area (Å²) in [5.41, 5.74) is 3.77. The normalized spacial score (nSPS) is 16.2. The van der Waals surface area contributed by atoms with Crippen molar-refractivity contribution in [1.29, 1.82) is 0 Å². The molecule has 1 unspecified atom stereocenters. The van der Waals surface area contributed by atoms with E-state index in [4.69, 9.17) is 21.1 Å². The predicted molar refractivity (Wildman–Crippen MR) is 114 cm³/mol. The van der Waals surface area contributed by atoms with Crippen LogP contribution in [0.4, 0.5) is 13.2 Å². The Morgan fingerprint density at radius 2 is 1.77 bits per heavy atom. The second-order valence-corrected chi connectivity index (χ2v) is 8.32. The molecule has 30 heavy (non-hydrogen) atoms. The number of aryl methyl sites for hydroxylation is 2. The first-order valence-corrected chi connectivity index (χ1v) is 10.9. The molecular formula is C24H28ClF3O2. The van der Waals surface area contributed by atoms with Crippen LogP contribution in [0.3, 0.4) is 0 Å². The molecule has 0 saturated carbocycles. The molecule has 0 bridgehead atoms. The summed E-state index contributed by atoms with van der Waals surface area (Å²) in [5, 5.41) is 0.427. The molecule has 6 heteroatoms. The van der Waals surface area contributed by atoms with Crippen molar-refractivity contribution in [2.24, 2.45) is 5.92 Å². The number of rotatable bonds is 9. The molecule has 0 radical (unpaired) electrons. The van der Waals surface area contributed by atoms with Gasteiger partial charge in [-0.05, 0) is 85.4 Å². The summed E-state index contributed by atoms with van der Waals surface area (Å²) in [6.07, 6.45) is 2.94. The van der Waals surface area contributed by atoms with Crippen LogP contribution < -0.4 is 9.47 Å². The van der Waals surface area contributed by atoms with Crippen LogP contribution in [0.5, 0.6) is 11.5 Å². The fourth-order valence-corrected chi connectivity index (χ4v) is 4.11. The summed E-state index contributed by atoms with van der Waals surface area (Å²) in [4.78, 5) is 0. The number of fused-ring (bicyclic) bond motifs is 1. The van der Waals surface area contributed by atoms with Gasteiger partial charge in [-0.15, -0.1) is 0 Å². The molecule has 0 saturated heterocycles. The van der Waals surface area contributed by atoms with E-state index >= 15 is 0 Å². The van der Waals surface area contributed by atoms with E-state index in [-0.39, 0.29) is 5.75 Å². The van der Waals surface area contributed by atoms with Crippen molar-refractivity contribution in [3.05, 3.63) is 58.1 Å². The molecule has 1 atom stereocenters. The molecule has 0 aliphatic heterocycles. The van der Waals surface area contributed by atoms with Crippen molar-refractivity contribution >= 4 is 11.6 Å². The molecule has 2 nitrogen and oxygen atoms in total. The van der Waals surface area contributed by atoms with Gasteiger partial charge >= 0.3 is 6.18 Å². The molecule has 164 valence electrons. The van der Waals surface area contributed by atoms with E-state index in [1.54, 1.807) is 6.07 Å². The number of benzene rings is 2. The van der Waals surface area contributed by atoms with Crippen LogP contribution in [0.25, 0.3) is 0 Å². The maximum atomic E-state index is 12.2. The lowest BCUT2D eigenvalue weighted by Gasteiger charge is -2.24. The van der Waals surface area contributed by atoms with Crippen LogP contribution in [0.2, 0.25) is 5.02 Å². The van der Waals surface area contributed by atoms with Crippen LogP contribution in [0.15, 0.2) is 36.4 Å². The Morgan fingerprint density at radius 1 is 1.00 bits per heavy atom. The molecule has 0 heterocycles. The van der Waals surface area contributed by atoms with Crippen LogP contribution in [-0.4, -0.2) is 19.4 Å². The molecule has 2 aromatic rings. The van der Waals surface area contributed by atoms with Gasteiger partial charge in [-0.1, -0.05) is 37.1 Å². The molecule has 3 rings (SSSR count). The van der Waals surface area contributed by atoms with Gasteiger partial charge < -0.3 is 9.47 Å². The molecule has 0 aromatic heterocycles. The largest absolute Gasteiger partial charge is 0.494 e. The highest BCUT2D eigenvalue weighted by Gasteiger charge is 2.28. The number of alkyl halides is 3. The lowest BCUT2D eigenvalue weighted by Crippen LogP contribution is -2.19. The van der Waals surface area contributed by atoms with Gasteiger partial charge in [0.1, 0.15) is 11.5 Å². The molecular weight excluding hydrogens is 413 g/mol. The van der Waals surface area contributed by atoms with Crippen molar-refractivity contribution in [3.8, 4) is 11.5 Å². The Morgan fingerprint density at radius 3 is 2.50 bits per heavy atom. The lowest BCUT2D eigenvalue weighted by molar-refractivity contribution is -0.153. The fourth-order valence-electron chi connectivity index (χ4n) is 3.84. The van der Waals surface area contributed by atoms with E-state index in [2.05, 4.69) is 25.1 Å². The molecule has 0 amide bonds. The van der Waals surface area contributed by atoms with E-state index in [1.165, 1.54) is 36.1 Å². The third kappa shape index (κ3) is 6.83. The summed E-state index contributed by atoms with van der Waals surface area (Å²) in [6, 6.07) is 11.1. The minimum absolute atomic E-state index is 0.127. The first kappa shape index (κ1) is 22.8. The van der Waals surface area contributed by atoms with Gasteiger partial charge in [0.15, 0.2) is 6.61 Å². The minimum Gasteiger partial charge on any atom is -0.494 e. The smallest absolute Gasteiger partial charge is 0.422 e. The third-order valence-corrected chi connectivity index (χ3v) is 5.97. The van der Waals surface area contributed by atoms with E-state index in [0.29, 0.717) is 11.6 Å². The van der Waals surface area contributed by atoms with Gasteiger partial charge in [-0.25, -0.2) is 0 Å². The van der Waals surface area contributed by atoms with Gasteiger partial charge in [0, 0.05) is 5.02 Å². The zero-order valence-corrected chi connectivity index (χ0v) is 18.0. The Kier molecular flexibility index (Phi) is 7.93. The first-order chi connectivity index (χ1) is 14.3. The van der Waals surface area contributed by atoms with Crippen molar-refractivity contribution in [2.45, 2.75) is 58.0 Å². The van der Waals surface area contributed by atoms with E-state index in [1.807, 2.05) is 0 Å². The highest BCUT2D eigenvalue weighted by atomic mass is 35.5. The van der Waals surface area contributed by atoms with Gasteiger partial charge in [-0.3, -0.25) is 0 Å². The van der Waals surface area contributed by atoms with Crippen LogP contribution in [-0.2, 0) is 19.3 Å². The van der Waals surface area contributed by atoms with Crippen LogP contribution in [0.1, 0.15) is 49.3 Å². The zero-order valence-electron chi connectivity index (χ0n) is 17.2. The standard InChI is InChI=1S/C24H28ClF3O2/c1-2-17-6-7-18-8-10-21(14-20(18)13-17)29-12-4-3-5-19-9-11-22(15-23(19)25)30-16-24(26,27)28/h8-11,14-15,17H,2-7,12-13,16H2,1H3. The van der Waals surface area contributed by atoms with Gasteiger partial charge in [0.25, 0.3) is 0 Å². The summed E-state index contributed by atoms with van der Waals surface area (Å²) in [7, 11) is 0. The first-order valence-electron chi connectivity index (χ1n) is 10.6. The predicted octanol–water partition coefficient (Wildman–Crippen LogP) is 7.20. The lowest BCUT2D eigenvalue weighted by atomic mass is 9.82. The van der Waals surface area contributed by atoms with Gasteiger partial charge in [-0.2, -0.15) is 13.2 Å². The Hall–Kier alpha value is -1.88. The van der Waals surface area contributed by atoms with Gasteiger partial charge in [0.05, 0.1) is 6.61 Å². The SMILES string of the molecule is CCC1CCc2ccc(OCCCCc3ccc(OCC(F)(F)F)cc3Cl)cc2C1. The topological polar surface area (TPSA) is 18.5 Å². The summed E-state index contributed by atoms with van der Waals surface area (Å²) in [6.45, 7) is 1.56. The third-order valence-electron chi connectivity index (χ3n) is 5.62. The zero-order chi connectivity index (χ0) is 21.6. The average Bonchev–Trinajstić information content (AvgIpc) is 2.72. The molecule has 2 aromatic carbocycles. The molecule has 1 aliphatic rings. The fraction of sp³-hybridized carbons (Fsp3) is 0.500. The minimum atomic E-state index is -4.36. The number of hydrogen-bond donors (Lipinski definition) is 0. The van der Waals surface area contributed by atoms with Gasteiger partial charge in [0.2, 0.25) is 0 Å². The van der Waals surface area contributed by atoms with E-state index in [9.17, 15) is 13.2 Å². The maximum Gasteiger partial charge on any atom is 0.422 e. The van der Waals surface area contributed by atoms with E-state index in [0.717, 1.165) is 49.3 Å². The van der Waals surface area contributed by atoms with Crippen molar-refractivity contribution in [2.75, 3.05) is 13.2 Å². The highest BCUT2D eigenvalue weighted by Crippen LogP contribution is 2.30. The second kappa shape index (κ2) is 10.4. The second-order valence-electron chi connectivity index (χ2n) is 7.91. The summed E-state index contributed by atoms with van der Waals surface area (Å²) < 4.78 is 47.3. The number of hydrogen-bond acceptors (Lipinski definition) is 2. The van der Waals surface area contributed by atoms with Crippen molar-refractivity contribution < 1.29 is 22.6 Å². The monoisotopic (exact) mass is 440 g/mol. The Bertz CT molecular complexity index is 836. The summed E-state index contributed by atoms with van der Waals surface area (Å²) >= 11 is 6.19. The van der Waals surface area contributed by atoms with Crippen molar-refractivity contribution in [3.63, 3.8) is 0 Å². The average molecular weight is 441 g/mol. The molecule has 0 N–H and O–H groups in total. The van der Waals surface area contributed by atoms with E-state index < -0.39 is 12.8 Å². The van der Waals surface area contributed by atoms with Crippen LogP contribution >= 0.6 is 11.6 Å². The number of halogens is 4. The number of unbranched alkanes of at least 4 members (excludes halogenated alkanes) is 1. The molecule has 0 spiro atoms. The molecule has 0 fully saturated rings. The number of ether oxygens (including phenoxy) is 2. The Balaban J connectivity index is 1.41. The quantitative estimate of drug-likeness (QED) is 0.384. The Labute approximate surface area is 181 Å². The molecule has 1 aliphatic carbocycles. The highest BCUT2D eigenvalue weighted by molar-refractivity contribution is 6.31. The maximum absolute atomic E-state index is 12.2.